The largest absolute Gasteiger partial charge is 0.468 e. The molecule has 0 aliphatic heterocycles. The van der Waals surface area contributed by atoms with Crippen molar-refractivity contribution >= 4 is 6.47 Å². The fraction of sp³-hybridized carbons (Fsp3) is 0.300. The minimum Gasteiger partial charge on any atom is -0.468 e. The Balaban J connectivity index is 2.10. The van der Waals surface area contributed by atoms with E-state index in [9.17, 15) is 4.79 Å². The van der Waals surface area contributed by atoms with Crippen LogP contribution in [0.5, 0.6) is 0 Å². The summed E-state index contributed by atoms with van der Waals surface area (Å²) >= 11 is 0. The third kappa shape index (κ3) is 4.25. The molecule has 0 aliphatic carbocycles. The van der Waals surface area contributed by atoms with Crippen molar-refractivity contribution in [3.05, 3.63) is 36.5 Å². The van der Waals surface area contributed by atoms with Crippen LogP contribution in [0.15, 0.2) is 24.5 Å². The van der Waals surface area contributed by atoms with Gasteiger partial charge in [0, 0.05) is 12.4 Å². The van der Waals surface area contributed by atoms with Crippen molar-refractivity contribution in [1.29, 1.82) is 0 Å². The molecule has 0 bridgehead atoms. The summed E-state index contributed by atoms with van der Waals surface area (Å²) < 4.78 is 4.56. The van der Waals surface area contributed by atoms with Crippen LogP contribution in [0.1, 0.15) is 18.4 Å². The number of carbonyl (C=O) groups is 1. The van der Waals surface area contributed by atoms with Gasteiger partial charge in [0.15, 0.2) is 0 Å². The van der Waals surface area contributed by atoms with Crippen molar-refractivity contribution in [1.82, 2.24) is 4.98 Å². The molecule has 69 valence electrons. The number of ether oxygens (including phenoxy) is 1. The van der Waals surface area contributed by atoms with Gasteiger partial charge in [0.2, 0.25) is 0 Å². The van der Waals surface area contributed by atoms with Crippen molar-refractivity contribution in [2.45, 2.75) is 12.8 Å². The monoisotopic (exact) mass is 178 g/mol. The van der Waals surface area contributed by atoms with E-state index in [-0.39, 0.29) is 0 Å². The van der Waals surface area contributed by atoms with Gasteiger partial charge in [-0.25, -0.2) is 0 Å². The summed E-state index contributed by atoms with van der Waals surface area (Å²) in [6.07, 6.45) is 7.38. The Kier molecular flexibility index (Phi) is 4.61. The van der Waals surface area contributed by atoms with Crippen LogP contribution in [-0.2, 0) is 9.53 Å². The second kappa shape index (κ2) is 6.17. The fourth-order valence-corrected chi connectivity index (χ4v) is 0.980. The molecule has 1 rings (SSSR count). The molecular weight excluding hydrogens is 166 g/mol. The fourth-order valence-electron chi connectivity index (χ4n) is 0.980. The number of aromatic nitrogens is 1. The second-order valence-electron chi connectivity index (χ2n) is 2.60. The highest BCUT2D eigenvalue weighted by Crippen LogP contribution is 2.04. The predicted octanol–water partition coefficient (Wildman–Crippen LogP) is 1.59. The normalized spacial score (nSPS) is 9.54. The number of unbranched alkanes of at least 4 members (excludes halogenated alkanes) is 1. The van der Waals surface area contributed by atoms with Gasteiger partial charge in [-0.15, -0.1) is 0 Å². The Hall–Kier alpha value is -1.38. The van der Waals surface area contributed by atoms with E-state index in [1.807, 2.05) is 12.1 Å². The van der Waals surface area contributed by atoms with Crippen LogP contribution in [0.2, 0.25) is 0 Å². The minimum atomic E-state index is 0.476. The first kappa shape index (κ1) is 9.71. The average molecular weight is 178 g/mol. The molecule has 0 atom stereocenters. The summed E-state index contributed by atoms with van der Waals surface area (Å²) in [5.41, 5.74) is 1.11. The Labute approximate surface area is 77.8 Å². The van der Waals surface area contributed by atoms with E-state index in [0.717, 1.165) is 18.4 Å². The molecule has 13 heavy (non-hydrogen) atoms. The van der Waals surface area contributed by atoms with E-state index in [0.29, 0.717) is 13.1 Å². The molecule has 1 aromatic heterocycles. The molecule has 1 radical (unpaired) electrons. The summed E-state index contributed by atoms with van der Waals surface area (Å²) in [6, 6.07) is 3.89. The van der Waals surface area contributed by atoms with Gasteiger partial charge in [0.05, 0.1) is 6.61 Å². The zero-order valence-corrected chi connectivity index (χ0v) is 7.35. The van der Waals surface area contributed by atoms with Crippen molar-refractivity contribution in [2.75, 3.05) is 6.61 Å². The van der Waals surface area contributed by atoms with Gasteiger partial charge in [-0.1, -0.05) is 6.07 Å². The van der Waals surface area contributed by atoms with Gasteiger partial charge < -0.3 is 4.74 Å². The second-order valence-corrected chi connectivity index (χ2v) is 2.60. The number of nitrogens with zero attached hydrogens (tertiary/aromatic N) is 1. The minimum absolute atomic E-state index is 0.476. The lowest BCUT2D eigenvalue weighted by Crippen LogP contribution is -1.92. The van der Waals surface area contributed by atoms with Crippen molar-refractivity contribution < 1.29 is 9.53 Å². The smallest absolute Gasteiger partial charge is 0.293 e. The van der Waals surface area contributed by atoms with Crippen molar-refractivity contribution in [3.8, 4) is 0 Å². The van der Waals surface area contributed by atoms with Gasteiger partial charge in [-0.05, 0) is 30.9 Å². The van der Waals surface area contributed by atoms with Crippen LogP contribution in [0.3, 0.4) is 0 Å². The van der Waals surface area contributed by atoms with E-state index in [4.69, 9.17) is 0 Å². The van der Waals surface area contributed by atoms with Crippen LogP contribution in [-0.4, -0.2) is 18.1 Å². The first-order valence-corrected chi connectivity index (χ1v) is 4.22. The number of rotatable bonds is 6. The molecule has 0 spiro atoms. The summed E-state index contributed by atoms with van der Waals surface area (Å²) in [5, 5.41) is 0. The Morgan fingerprint density at radius 3 is 3.15 bits per heavy atom. The Bertz CT molecular complexity index is 236. The highest BCUT2D eigenvalue weighted by molar-refractivity contribution is 5.36. The third-order valence-corrected chi connectivity index (χ3v) is 1.60. The lowest BCUT2D eigenvalue weighted by Gasteiger charge is -1.99. The van der Waals surface area contributed by atoms with Crippen LogP contribution in [0, 0.1) is 6.42 Å². The molecule has 0 unspecified atom stereocenters. The van der Waals surface area contributed by atoms with Gasteiger partial charge in [0.1, 0.15) is 0 Å². The van der Waals surface area contributed by atoms with E-state index >= 15 is 0 Å². The molecule has 3 heteroatoms. The number of hydrogen-bond donors (Lipinski definition) is 0. The molecule has 0 N–H and O–H groups in total. The van der Waals surface area contributed by atoms with E-state index in [1.54, 1.807) is 12.4 Å². The SMILES string of the molecule is O=COCCC[CH]c1cccnc1. The molecule has 1 heterocycles. The van der Waals surface area contributed by atoms with Gasteiger partial charge in [-0.3, -0.25) is 9.78 Å². The Morgan fingerprint density at radius 1 is 1.54 bits per heavy atom. The van der Waals surface area contributed by atoms with Crippen LogP contribution in [0.4, 0.5) is 0 Å². The van der Waals surface area contributed by atoms with Gasteiger partial charge in [-0.2, -0.15) is 0 Å². The highest BCUT2D eigenvalue weighted by Gasteiger charge is 1.92. The Morgan fingerprint density at radius 2 is 2.46 bits per heavy atom. The van der Waals surface area contributed by atoms with Crippen LogP contribution < -0.4 is 0 Å². The molecule has 3 nitrogen and oxygen atoms in total. The quantitative estimate of drug-likeness (QED) is 0.490. The highest BCUT2D eigenvalue weighted by atomic mass is 16.5. The maximum absolute atomic E-state index is 9.80. The lowest BCUT2D eigenvalue weighted by atomic mass is 10.1. The van der Waals surface area contributed by atoms with E-state index < -0.39 is 0 Å². The first-order valence-electron chi connectivity index (χ1n) is 4.22. The lowest BCUT2D eigenvalue weighted by molar-refractivity contribution is -0.128. The standard InChI is InChI=1S/C10H12NO2/c12-9-13-7-2-1-4-10-5-3-6-11-8-10/h3-6,8-9H,1-2,7H2. The summed E-state index contributed by atoms with van der Waals surface area (Å²) in [6.45, 7) is 0.963. The van der Waals surface area contributed by atoms with Crippen molar-refractivity contribution in [3.63, 3.8) is 0 Å². The molecule has 0 aromatic carbocycles. The molecule has 0 amide bonds. The molecule has 0 saturated heterocycles. The molecule has 0 fully saturated rings. The van der Waals surface area contributed by atoms with E-state index in [2.05, 4.69) is 16.1 Å². The van der Waals surface area contributed by atoms with Crippen LogP contribution in [0.25, 0.3) is 0 Å². The molecule has 0 saturated carbocycles. The molecule has 1 aromatic rings. The predicted molar refractivity (Wildman–Crippen MR) is 48.9 cm³/mol. The van der Waals surface area contributed by atoms with Gasteiger partial charge in [0.25, 0.3) is 6.47 Å². The number of carbonyl (C=O) groups excluding carboxylic acids is 1. The zero-order valence-electron chi connectivity index (χ0n) is 7.35. The number of hydrogen-bond acceptors (Lipinski definition) is 3. The summed E-state index contributed by atoms with van der Waals surface area (Å²) in [7, 11) is 0. The van der Waals surface area contributed by atoms with Gasteiger partial charge >= 0.3 is 0 Å². The topological polar surface area (TPSA) is 39.2 Å². The average Bonchev–Trinajstić information content (AvgIpc) is 2.19. The van der Waals surface area contributed by atoms with Crippen molar-refractivity contribution in [2.24, 2.45) is 0 Å². The summed E-state index contributed by atoms with van der Waals surface area (Å²) in [4.78, 5) is 13.8. The summed E-state index contributed by atoms with van der Waals surface area (Å²) in [5.74, 6) is 0. The van der Waals surface area contributed by atoms with Crippen LogP contribution >= 0.6 is 0 Å². The first-order chi connectivity index (χ1) is 6.43. The third-order valence-electron chi connectivity index (χ3n) is 1.60. The maximum Gasteiger partial charge on any atom is 0.293 e. The molecular formula is C10H12NO2. The zero-order chi connectivity index (χ0) is 9.36. The maximum atomic E-state index is 9.80. The molecule has 0 aliphatic rings. The van der Waals surface area contributed by atoms with E-state index in [1.165, 1.54) is 0 Å². The number of pyridine rings is 1.